The van der Waals surface area contributed by atoms with Crippen molar-refractivity contribution in [2.24, 2.45) is 0 Å². The number of nitrogens with one attached hydrogen (secondary N) is 1. The van der Waals surface area contributed by atoms with Gasteiger partial charge in [-0.25, -0.2) is 17.2 Å². The molecule has 2 aromatic carbocycles. The lowest BCUT2D eigenvalue weighted by molar-refractivity contribution is 0.0125. The first-order valence-corrected chi connectivity index (χ1v) is 11.4. The van der Waals surface area contributed by atoms with Crippen molar-refractivity contribution in [3.8, 4) is 0 Å². The van der Waals surface area contributed by atoms with Crippen LogP contribution in [0.5, 0.6) is 0 Å². The molecule has 0 radical (unpaired) electrons. The smallest absolute Gasteiger partial charge is 0.246 e. The molecule has 0 bridgehead atoms. The third kappa shape index (κ3) is 6.36. The molecule has 0 amide bonds. The third-order valence-corrected chi connectivity index (χ3v) is 7.33. The SMILES string of the molecule is CC1(O)CCN(S(=O)(=O)c2cc(C=O)c(Cl)cc2F)CC1.CNc1ccc(F)c(Cl)c1. The molecule has 6 nitrogen and oxygen atoms in total. The largest absolute Gasteiger partial charge is 0.390 e. The van der Waals surface area contributed by atoms with Gasteiger partial charge in [0.1, 0.15) is 16.5 Å². The van der Waals surface area contributed by atoms with E-state index in [9.17, 15) is 27.1 Å². The van der Waals surface area contributed by atoms with E-state index in [2.05, 4.69) is 5.32 Å². The molecule has 0 saturated carbocycles. The lowest BCUT2D eigenvalue weighted by Crippen LogP contribution is -2.45. The Morgan fingerprint density at radius 3 is 2.23 bits per heavy atom. The van der Waals surface area contributed by atoms with Gasteiger partial charge >= 0.3 is 0 Å². The summed E-state index contributed by atoms with van der Waals surface area (Å²) in [6.07, 6.45) is 0.908. The van der Waals surface area contributed by atoms with Gasteiger partial charge in [-0.3, -0.25) is 4.79 Å². The Morgan fingerprint density at radius 1 is 1.10 bits per heavy atom. The number of carbonyl (C=O) groups is 1. The maximum absolute atomic E-state index is 13.9. The highest BCUT2D eigenvalue weighted by molar-refractivity contribution is 7.89. The summed E-state index contributed by atoms with van der Waals surface area (Å²) in [5.41, 5.74) is -0.189. The van der Waals surface area contributed by atoms with Crippen LogP contribution in [0.15, 0.2) is 35.2 Å². The zero-order chi connectivity index (χ0) is 23.4. The van der Waals surface area contributed by atoms with Crippen molar-refractivity contribution in [1.82, 2.24) is 4.31 Å². The number of benzene rings is 2. The number of nitrogens with zero attached hydrogens (tertiary/aromatic N) is 1. The van der Waals surface area contributed by atoms with Crippen molar-refractivity contribution < 1.29 is 27.1 Å². The second-order valence-corrected chi connectivity index (χ2v) is 9.92. The van der Waals surface area contributed by atoms with E-state index in [1.807, 2.05) is 0 Å². The lowest BCUT2D eigenvalue weighted by Gasteiger charge is -2.35. The maximum Gasteiger partial charge on any atom is 0.246 e. The molecule has 2 N–H and O–H groups in total. The molecular formula is C20H22Cl2F2N2O4S. The highest BCUT2D eigenvalue weighted by Gasteiger charge is 2.35. The van der Waals surface area contributed by atoms with Crippen molar-refractivity contribution in [3.63, 3.8) is 0 Å². The van der Waals surface area contributed by atoms with E-state index in [0.717, 1.165) is 22.1 Å². The molecule has 11 heteroatoms. The van der Waals surface area contributed by atoms with Crippen molar-refractivity contribution in [3.05, 3.63) is 57.6 Å². The molecule has 0 spiro atoms. The Balaban J connectivity index is 0.000000285. The minimum Gasteiger partial charge on any atom is -0.390 e. The standard InChI is InChI=1S/C13H15ClFNO4S.C7H7ClFN/c1-13(18)2-4-16(5-3-13)21(19,20)12-6-9(8-17)10(14)7-11(12)15;1-10-5-2-3-7(9)6(8)4-5/h6-8,18H,2-5H2,1H3;2-4,10H,1H3. The predicted molar refractivity (Wildman–Crippen MR) is 116 cm³/mol. The number of aldehydes is 1. The zero-order valence-corrected chi connectivity index (χ0v) is 19.2. The van der Waals surface area contributed by atoms with Gasteiger partial charge in [0.25, 0.3) is 0 Å². The highest BCUT2D eigenvalue weighted by Crippen LogP contribution is 2.29. The van der Waals surface area contributed by atoms with Crippen LogP contribution in [-0.2, 0) is 10.0 Å². The number of hydrogen-bond acceptors (Lipinski definition) is 5. The molecule has 0 aliphatic carbocycles. The fraction of sp³-hybridized carbons (Fsp3) is 0.350. The quantitative estimate of drug-likeness (QED) is 0.617. The molecule has 1 aliphatic rings. The van der Waals surface area contributed by atoms with Gasteiger partial charge in [-0.05, 0) is 50.1 Å². The van der Waals surface area contributed by atoms with Gasteiger partial charge in [-0.1, -0.05) is 23.2 Å². The molecule has 1 aliphatic heterocycles. The monoisotopic (exact) mass is 494 g/mol. The summed E-state index contributed by atoms with van der Waals surface area (Å²) in [4.78, 5) is 10.3. The first kappa shape index (κ1) is 25.5. The Kier molecular flexibility index (Phi) is 8.40. The van der Waals surface area contributed by atoms with Crippen molar-refractivity contribution in [1.29, 1.82) is 0 Å². The van der Waals surface area contributed by atoms with Gasteiger partial charge in [0.05, 0.1) is 15.6 Å². The van der Waals surface area contributed by atoms with Gasteiger partial charge < -0.3 is 10.4 Å². The van der Waals surface area contributed by atoms with E-state index in [1.165, 1.54) is 12.1 Å². The van der Waals surface area contributed by atoms with Gasteiger partial charge in [-0.15, -0.1) is 0 Å². The number of rotatable bonds is 4. The van der Waals surface area contributed by atoms with E-state index in [1.54, 1.807) is 20.0 Å². The molecule has 0 aromatic heterocycles. The third-order valence-electron chi connectivity index (χ3n) is 4.80. The van der Waals surface area contributed by atoms with Gasteiger partial charge in [0.2, 0.25) is 10.0 Å². The van der Waals surface area contributed by atoms with E-state index >= 15 is 0 Å². The predicted octanol–water partition coefficient (Wildman–Crippen LogP) is 4.35. The number of carbonyl (C=O) groups excluding carboxylic acids is 1. The number of piperidine rings is 1. The molecule has 1 fully saturated rings. The summed E-state index contributed by atoms with van der Waals surface area (Å²) in [7, 11) is -2.31. The average molecular weight is 495 g/mol. The maximum atomic E-state index is 13.9. The molecule has 3 rings (SSSR count). The first-order valence-electron chi connectivity index (χ1n) is 9.21. The average Bonchev–Trinajstić information content (AvgIpc) is 2.70. The van der Waals surface area contributed by atoms with Crippen LogP contribution in [0.2, 0.25) is 10.0 Å². The number of anilines is 1. The fourth-order valence-electron chi connectivity index (χ4n) is 2.83. The number of aliphatic hydroxyl groups is 1. The zero-order valence-electron chi connectivity index (χ0n) is 16.8. The first-order chi connectivity index (χ1) is 14.4. The molecular weight excluding hydrogens is 473 g/mol. The normalized spacial score (nSPS) is 16.2. The number of hydrogen-bond donors (Lipinski definition) is 2. The van der Waals surface area contributed by atoms with Crippen LogP contribution in [0.3, 0.4) is 0 Å². The number of halogens is 4. The van der Waals surface area contributed by atoms with Crippen molar-refractivity contribution in [2.75, 3.05) is 25.5 Å². The summed E-state index contributed by atoms with van der Waals surface area (Å²) >= 11 is 11.1. The topological polar surface area (TPSA) is 86.7 Å². The van der Waals surface area contributed by atoms with E-state index in [4.69, 9.17) is 23.2 Å². The summed E-state index contributed by atoms with van der Waals surface area (Å²) in [6, 6.07) is 6.25. The molecule has 2 aromatic rings. The van der Waals surface area contributed by atoms with Crippen LogP contribution in [0.1, 0.15) is 30.1 Å². The summed E-state index contributed by atoms with van der Waals surface area (Å²) < 4.78 is 52.4. The Hall–Kier alpha value is -1.78. The molecule has 170 valence electrons. The Morgan fingerprint density at radius 2 is 1.71 bits per heavy atom. The Labute approximate surface area is 189 Å². The highest BCUT2D eigenvalue weighted by atomic mass is 35.5. The van der Waals surface area contributed by atoms with Crippen LogP contribution < -0.4 is 5.32 Å². The second-order valence-electron chi connectivity index (χ2n) is 7.20. The van der Waals surface area contributed by atoms with Crippen LogP contribution >= 0.6 is 23.2 Å². The van der Waals surface area contributed by atoms with Gasteiger partial charge in [0, 0.05) is 31.4 Å². The summed E-state index contributed by atoms with van der Waals surface area (Å²) in [5, 5.41) is 12.7. The minimum atomic E-state index is -4.06. The molecule has 0 unspecified atom stereocenters. The van der Waals surface area contributed by atoms with E-state index in [0.29, 0.717) is 6.29 Å². The minimum absolute atomic E-state index is 0.0827. The van der Waals surface area contributed by atoms with Crippen molar-refractivity contribution >= 4 is 45.2 Å². The fourth-order valence-corrected chi connectivity index (χ4v) is 4.73. The lowest BCUT2D eigenvalue weighted by atomic mass is 9.95. The molecule has 31 heavy (non-hydrogen) atoms. The van der Waals surface area contributed by atoms with Crippen LogP contribution in [0.4, 0.5) is 14.5 Å². The van der Waals surface area contributed by atoms with Crippen molar-refractivity contribution in [2.45, 2.75) is 30.3 Å². The molecule has 1 heterocycles. The number of sulfonamides is 1. The van der Waals surface area contributed by atoms with Gasteiger partial charge in [-0.2, -0.15) is 4.31 Å². The van der Waals surface area contributed by atoms with Crippen LogP contribution in [0.25, 0.3) is 0 Å². The van der Waals surface area contributed by atoms with Crippen LogP contribution in [0, 0.1) is 11.6 Å². The molecule has 0 atom stereocenters. The van der Waals surface area contributed by atoms with E-state index in [-0.39, 0.29) is 47.4 Å². The van der Waals surface area contributed by atoms with E-state index < -0.39 is 26.3 Å². The summed E-state index contributed by atoms with van der Waals surface area (Å²) in [6.45, 7) is 1.81. The second kappa shape index (κ2) is 10.2. The molecule has 1 saturated heterocycles. The van der Waals surface area contributed by atoms with Gasteiger partial charge in [0.15, 0.2) is 6.29 Å². The summed E-state index contributed by atoms with van der Waals surface area (Å²) in [5.74, 6) is -1.39. The van der Waals surface area contributed by atoms with Crippen LogP contribution in [-0.4, -0.2) is 49.9 Å². The Bertz CT molecular complexity index is 1060.